The molecule has 0 N–H and O–H groups in total. The van der Waals surface area contributed by atoms with Gasteiger partial charge >= 0.3 is 5.97 Å². The average molecular weight is 491 g/mol. The van der Waals surface area contributed by atoms with E-state index in [0.29, 0.717) is 30.5 Å². The number of ether oxygens (including phenoxy) is 2. The predicted molar refractivity (Wildman–Crippen MR) is 143 cm³/mol. The number of aromatic nitrogens is 1. The fourth-order valence-electron chi connectivity index (χ4n) is 5.44. The molecule has 1 fully saturated rings. The molecule has 1 aliphatic rings. The van der Waals surface area contributed by atoms with Crippen molar-refractivity contribution in [1.82, 2.24) is 9.47 Å². The number of fused-ring (bicyclic) bond motifs is 1. The number of nitrogens with zero attached hydrogens (tertiary/aromatic N) is 2. The van der Waals surface area contributed by atoms with E-state index in [1.165, 1.54) is 24.8 Å². The molecule has 3 aromatic rings. The Labute approximate surface area is 214 Å². The van der Waals surface area contributed by atoms with Gasteiger partial charge in [-0.3, -0.25) is 4.79 Å². The summed E-state index contributed by atoms with van der Waals surface area (Å²) in [5, 5.41) is 0.795. The van der Waals surface area contributed by atoms with Gasteiger partial charge in [-0.15, -0.1) is 0 Å². The van der Waals surface area contributed by atoms with Crippen molar-refractivity contribution in [1.29, 1.82) is 0 Å². The van der Waals surface area contributed by atoms with Gasteiger partial charge in [0.25, 0.3) is 5.91 Å². The van der Waals surface area contributed by atoms with Crippen LogP contribution in [0.25, 0.3) is 10.9 Å². The van der Waals surface area contributed by atoms with Crippen LogP contribution in [0.2, 0.25) is 0 Å². The number of rotatable bonds is 10. The molecule has 1 heterocycles. The molecule has 192 valence electrons. The lowest BCUT2D eigenvalue weighted by molar-refractivity contribution is -0.136. The molecule has 0 aliphatic heterocycles. The van der Waals surface area contributed by atoms with E-state index in [0.717, 1.165) is 42.4 Å². The van der Waals surface area contributed by atoms with Crippen molar-refractivity contribution >= 4 is 22.8 Å². The number of benzene rings is 2. The number of esters is 1. The van der Waals surface area contributed by atoms with E-state index in [1.807, 2.05) is 62.1 Å². The van der Waals surface area contributed by atoms with Crippen molar-refractivity contribution < 1.29 is 19.1 Å². The number of hydrogen-bond acceptors (Lipinski definition) is 4. The second kappa shape index (κ2) is 12.1. The minimum Gasteiger partial charge on any atom is -0.484 e. The van der Waals surface area contributed by atoms with Gasteiger partial charge in [0.1, 0.15) is 5.75 Å². The molecule has 0 unspecified atom stereocenters. The van der Waals surface area contributed by atoms with Gasteiger partial charge < -0.3 is 18.9 Å². The number of aryl methyl sites for hydroxylation is 2. The summed E-state index contributed by atoms with van der Waals surface area (Å²) in [6.07, 6.45) is 6.63. The molecule has 1 saturated carbocycles. The Hall–Kier alpha value is -3.28. The predicted octanol–water partition coefficient (Wildman–Crippen LogP) is 5.93. The van der Waals surface area contributed by atoms with Crippen LogP contribution in [0, 0.1) is 6.92 Å². The number of amides is 1. The molecule has 2 aromatic carbocycles. The first kappa shape index (κ1) is 25.8. The maximum Gasteiger partial charge on any atom is 0.340 e. The first-order valence-corrected chi connectivity index (χ1v) is 13.3. The van der Waals surface area contributed by atoms with E-state index in [9.17, 15) is 9.59 Å². The molecule has 1 aliphatic carbocycles. The molecule has 0 spiro atoms. The summed E-state index contributed by atoms with van der Waals surface area (Å²) < 4.78 is 13.5. The molecule has 4 rings (SSSR count). The highest BCUT2D eigenvalue weighted by Gasteiger charge is 2.25. The third-order valence-electron chi connectivity index (χ3n) is 7.28. The summed E-state index contributed by atoms with van der Waals surface area (Å²) in [7, 11) is 0. The van der Waals surface area contributed by atoms with Gasteiger partial charge in [0.15, 0.2) is 6.61 Å². The normalized spacial score (nSPS) is 14.1. The van der Waals surface area contributed by atoms with E-state index < -0.39 is 0 Å². The van der Waals surface area contributed by atoms with Crippen LogP contribution in [-0.2, 0) is 22.5 Å². The molecule has 36 heavy (non-hydrogen) atoms. The third kappa shape index (κ3) is 5.75. The van der Waals surface area contributed by atoms with Crippen molar-refractivity contribution in [3.63, 3.8) is 0 Å². The number of likely N-dealkylation sites (N-methyl/N-ethyl adjacent to an activating group) is 1. The van der Waals surface area contributed by atoms with Gasteiger partial charge in [0.2, 0.25) is 0 Å². The average Bonchev–Trinajstić information content (AvgIpc) is 3.18. The highest BCUT2D eigenvalue weighted by atomic mass is 16.5. The standard InChI is InChI=1S/C30H38N2O4/c1-4-31(24-14-10-7-11-15-24)28(33)21-36-25-16-17-27-26(20-25)29(30(34)35-5-2)22(3)32(27)19-18-23-12-8-6-9-13-23/h6,8-9,12-13,16-17,20,24H,4-5,7,10-11,14-15,18-19,21H2,1-3H3. The Morgan fingerprint density at radius 3 is 2.47 bits per heavy atom. The fourth-order valence-corrected chi connectivity index (χ4v) is 5.44. The Bertz CT molecular complexity index is 1180. The van der Waals surface area contributed by atoms with E-state index >= 15 is 0 Å². The summed E-state index contributed by atoms with van der Waals surface area (Å²) in [4.78, 5) is 27.8. The Kier molecular flexibility index (Phi) is 8.68. The molecule has 0 atom stereocenters. The van der Waals surface area contributed by atoms with Crippen LogP contribution in [0.3, 0.4) is 0 Å². The van der Waals surface area contributed by atoms with E-state index in [2.05, 4.69) is 16.7 Å². The third-order valence-corrected chi connectivity index (χ3v) is 7.28. The second-order valence-corrected chi connectivity index (χ2v) is 9.51. The summed E-state index contributed by atoms with van der Waals surface area (Å²) >= 11 is 0. The minimum absolute atomic E-state index is 0.00170. The van der Waals surface area contributed by atoms with Gasteiger partial charge in [-0.05, 0) is 63.8 Å². The Morgan fingerprint density at radius 1 is 1.03 bits per heavy atom. The first-order valence-electron chi connectivity index (χ1n) is 13.3. The molecular weight excluding hydrogens is 452 g/mol. The molecule has 6 heteroatoms. The maximum atomic E-state index is 13.0. The monoisotopic (exact) mass is 490 g/mol. The van der Waals surface area contributed by atoms with E-state index in [4.69, 9.17) is 9.47 Å². The van der Waals surface area contributed by atoms with E-state index in [1.54, 1.807) is 0 Å². The van der Waals surface area contributed by atoms with Crippen LogP contribution in [0.15, 0.2) is 48.5 Å². The largest absolute Gasteiger partial charge is 0.484 e. The zero-order valence-electron chi connectivity index (χ0n) is 21.8. The topological polar surface area (TPSA) is 60.8 Å². The Morgan fingerprint density at radius 2 is 1.78 bits per heavy atom. The van der Waals surface area contributed by atoms with Crippen molar-refractivity contribution in [3.05, 3.63) is 65.4 Å². The first-order chi connectivity index (χ1) is 17.5. The quantitative estimate of drug-likeness (QED) is 0.331. The van der Waals surface area contributed by atoms with Gasteiger partial charge in [-0.25, -0.2) is 4.79 Å². The van der Waals surface area contributed by atoms with Gasteiger partial charge in [0.05, 0.1) is 12.2 Å². The van der Waals surface area contributed by atoms with Crippen LogP contribution in [0.1, 0.15) is 67.6 Å². The zero-order valence-corrected chi connectivity index (χ0v) is 21.8. The maximum absolute atomic E-state index is 13.0. The summed E-state index contributed by atoms with van der Waals surface area (Å²) in [5.74, 6) is 0.272. The zero-order chi connectivity index (χ0) is 25.5. The highest BCUT2D eigenvalue weighted by Crippen LogP contribution is 2.31. The summed E-state index contributed by atoms with van der Waals surface area (Å²) in [5.41, 5.74) is 3.65. The lowest BCUT2D eigenvalue weighted by atomic mass is 9.94. The molecule has 0 bridgehead atoms. The van der Waals surface area contributed by atoms with Crippen LogP contribution < -0.4 is 4.74 Å². The fraction of sp³-hybridized carbons (Fsp3) is 0.467. The van der Waals surface area contributed by atoms with Crippen LogP contribution in [-0.4, -0.2) is 47.1 Å². The molecular formula is C30H38N2O4. The van der Waals surface area contributed by atoms with Crippen LogP contribution in [0.5, 0.6) is 5.75 Å². The smallest absolute Gasteiger partial charge is 0.340 e. The van der Waals surface area contributed by atoms with Crippen molar-refractivity contribution in [2.75, 3.05) is 19.8 Å². The molecule has 0 radical (unpaired) electrons. The molecule has 1 aromatic heterocycles. The SMILES string of the molecule is CCOC(=O)c1c(C)n(CCc2ccccc2)c2ccc(OCC(=O)N(CC)C3CCCCC3)cc12. The van der Waals surface area contributed by atoms with Crippen molar-refractivity contribution in [2.45, 2.75) is 71.9 Å². The number of hydrogen-bond donors (Lipinski definition) is 0. The molecule has 0 saturated heterocycles. The molecule has 1 amide bonds. The van der Waals surface area contributed by atoms with E-state index in [-0.39, 0.29) is 18.5 Å². The summed E-state index contributed by atoms with van der Waals surface area (Å²) in [6.45, 7) is 7.56. The van der Waals surface area contributed by atoms with Crippen LogP contribution >= 0.6 is 0 Å². The number of carbonyl (C=O) groups excluding carboxylic acids is 2. The van der Waals surface area contributed by atoms with Gasteiger partial charge in [0, 0.05) is 35.7 Å². The van der Waals surface area contributed by atoms with Gasteiger partial charge in [-0.2, -0.15) is 0 Å². The molecule has 6 nitrogen and oxygen atoms in total. The lowest BCUT2D eigenvalue weighted by Crippen LogP contribution is -2.43. The van der Waals surface area contributed by atoms with Crippen LogP contribution in [0.4, 0.5) is 0 Å². The van der Waals surface area contributed by atoms with Gasteiger partial charge in [-0.1, -0.05) is 49.6 Å². The lowest BCUT2D eigenvalue weighted by Gasteiger charge is -2.33. The highest BCUT2D eigenvalue weighted by molar-refractivity contribution is 6.06. The minimum atomic E-state index is -0.332. The second-order valence-electron chi connectivity index (χ2n) is 9.51. The number of carbonyl (C=O) groups is 2. The van der Waals surface area contributed by atoms with Crippen molar-refractivity contribution in [2.24, 2.45) is 0 Å². The summed E-state index contributed by atoms with van der Waals surface area (Å²) in [6, 6.07) is 16.4. The Balaban J connectivity index is 1.56. The van der Waals surface area contributed by atoms with Crippen molar-refractivity contribution in [3.8, 4) is 5.75 Å².